The first kappa shape index (κ1) is 15.4. The van der Waals surface area contributed by atoms with E-state index in [1.165, 1.54) is 12.8 Å². The molecule has 1 aromatic rings. The fourth-order valence-electron chi connectivity index (χ4n) is 1.86. The molecule has 112 valence electrons. The number of hydrogen-bond donors (Lipinski definition) is 1. The number of hydrogen-bond acceptors (Lipinski definition) is 4. The molecule has 0 saturated heterocycles. The quantitative estimate of drug-likeness (QED) is 0.668. The van der Waals surface area contributed by atoms with E-state index in [0.717, 1.165) is 30.6 Å². The molecule has 0 aromatic carbocycles. The van der Waals surface area contributed by atoms with Crippen molar-refractivity contribution < 1.29 is 9.47 Å². The van der Waals surface area contributed by atoms with Gasteiger partial charge in [-0.05, 0) is 30.9 Å². The third-order valence-corrected chi connectivity index (χ3v) is 3.09. The van der Waals surface area contributed by atoms with Crippen LogP contribution in [0.3, 0.4) is 0 Å². The first-order valence-electron chi connectivity index (χ1n) is 7.57. The van der Waals surface area contributed by atoms with Crippen LogP contribution < -0.4 is 5.32 Å². The van der Waals surface area contributed by atoms with Gasteiger partial charge in [-0.25, -0.2) is 0 Å². The molecule has 0 aliphatic heterocycles. The Morgan fingerprint density at radius 3 is 2.70 bits per heavy atom. The summed E-state index contributed by atoms with van der Waals surface area (Å²) in [6, 6.07) is 6.83. The summed E-state index contributed by atoms with van der Waals surface area (Å²) < 4.78 is 11.1. The van der Waals surface area contributed by atoms with E-state index in [-0.39, 0.29) is 0 Å². The standard InChI is InChI=1S/C16H26N2O2/c1-13(2)11-19-8-9-20-12-16-5-3-4-15(18-16)10-17-14-6-7-14/h3-5,13-14,17H,6-12H2,1-2H3. The Morgan fingerprint density at radius 1 is 1.20 bits per heavy atom. The fourth-order valence-corrected chi connectivity index (χ4v) is 1.86. The molecule has 1 fully saturated rings. The molecule has 20 heavy (non-hydrogen) atoms. The van der Waals surface area contributed by atoms with Gasteiger partial charge in [0.15, 0.2) is 0 Å². The van der Waals surface area contributed by atoms with Crippen molar-refractivity contribution in [2.45, 2.75) is 45.9 Å². The van der Waals surface area contributed by atoms with Crippen molar-refractivity contribution in [2.24, 2.45) is 5.92 Å². The molecular weight excluding hydrogens is 252 g/mol. The number of nitrogens with zero attached hydrogens (tertiary/aromatic N) is 1. The molecule has 0 spiro atoms. The van der Waals surface area contributed by atoms with Crippen LogP contribution in [0.2, 0.25) is 0 Å². The fraction of sp³-hybridized carbons (Fsp3) is 0.688. The predicted molar refractivity (Wildman–Crippen MR) is 79.4 cm³/mol. The molecule has 1 aliphatic rings. The molecule has 4 nitrogen and oxygen atoms in total. The van der Waals surface area contributed by atoms with Gasteiger partial charge in [-0.1, -0.05) is 19.9 Å². The molecule has 0 bridgehead atoms. The Kier molecular flexibility index (Phi) is 6.43. The second-order valence-electron chi connectivity index (χ2n) is 5.80. The Morgan fingerprint density at radius 2 is 1.95 bits per heavy atom. The van der Waals surface area contributed by atoms with Crippen LogP contribution in [-0.4, -0.2) is 30.8 Å². The van der Waals surface area contributed by atoms with E-state index in [1.807, 2.05) is 12.1 Å². The van der Waals surface area contributed by atoms with Crippen molar-refractivity contribution in [3.8, 4) is 0 Å². The molecule has 1 aliphatic carbocycles. The first-order chi connectivity index (χ1) is 9.74. The van der Waals surface area contributed by atoms with E-state index >= 15 is 0 Å². The van der Waals surface area contributed by atoms with Crippen molar-refractivity contribution >= 4 is 0 Å². The SMILES string of the molecule is CC(C)COCCOCc1cccc(CNC2CC2)n1. The molecule has 1 heterocycles. The largest absolute Gasteiger partial charge is 0.379 e. The van der Waals surface area contributed by atoms with Gasteiger partial charge in [-0.2, -0.15) is 0 Å². The van der Waals surface area contributed by atoms with Gasteiger partial charge in [0.05, 0.1) is 31.2 Å². The summed E-state index contributed by atoms with van der Waals surface area (Å²) in [4.78, 5) is 4.59. The molecule has 1 N–H and O–H groups in total. The van der Waals surface area contributed by atoms with Crippen molar-refractivity contribution in [1.29, 1.82) is 0 Å². The zero-order chi connectivity index (χ0) is 14.2. The maximum atomic E-state index is 5.59. The summed E-state index contributed by atoms with van der Waals surface area (Å²) in [6.07, 6.45) is 2.61. The Bertz CT molecular complexity index is 392. The van der Waals surface area contributed by atoms with Crippen molar-refractivity contribution in [3.63, 3.8) is 0 Å². The van der Waals surface area contributed by atoms with Crippen LogP contribution in [0.5, 0.6) is 0 Å². The van der Waals surface area contributed by atoms with Crippen molar-refractivity contribution in [3.05, 3.63) is 29.6 Å². The van der Waals surface area contributed by atoms with Gasteiger partial charge in [0, 0.05) is 19.2 Å². The van der Waals surface area contributed by atoms with E-state index < -0.39 is 0 Å². The number of aromatic nitrogens is 1. The van der Waals surface area contributed by atoms with Gasteiger partial charge >= 0.3 is 0 Å². The average Bonchev–Trinajstić information content (AvgIpc) is 3.25. The number of ether oxygens (including phenoxy) is 2. The minimum atomic E-state index is 0.558. The lowest BCUT2D eigenvalue weighted by Gasteiger charge is -2.08. The Labute approximate surface area is 121 Å². The van der Waals surface area contributed by atoms with Gasteiger partial charge in [0.2, 0.25) is 0 Å². The molecule has 0 atom stereocenters. The molecule has 0 amide bonds. The third kappa shape index (κ3) is 6.46. The lowest BCUT2D eigenvalue weighted by atomic mass is 10.2. The zero-order valence-corrected chi connectivity index (χ0v) is 12.6. The van der Waals surface area contributed by atoms with E-state index in [2.05, 4.69) is 30.2 Å². The highest BCUT2D eigenvalue weighted by molar-refractivity contribution is 5.10. The van der Waals surface area contributed by atoms with E-state index in [1.54, 1.807) is 0 Å². The zero-order valence-electron chi connectivity index (χ0n) is 12.6. The summed E-state index contributed by atoms with van der Waals surface area (Å²) in [5.41, 5.74) is 2.08. The highest BCUT2D eigenvalue weighted by Crippen LogP contribution is 2.19. The van der Waals surface area contributed by atoms with Crippen molar-refractivity contribution in [2.75, 3.05) is 19.8 Å². The maximum absolute atomic E-state index is 5.59. The lowest BCUT2D eigenvalue weighted by molar-refractivity contribution is 0.0304. The lowest BCUT2D eigenvalue weighted by Crippen LogP contribution is -2.16. The van der Waals surface area contributed by atoms with Gasteiger partial charge in [-0.15, -0.1) is 0 Å². The smallest absolute Gasteiger partial charge is 0.0889 e. The average molecular weight is 278 g/mol. The summed E-state index contributed by atoms with van der Waals surface area (Å²) in [6.45, 7) is 7.78. The molecule has 2 rings (SSSR count). The Balaban J connectivity index is 1.60. The van der Waals surface area contributed by atoms with Crippen LogP contribution >= 0.6 is 0 Å². The van der Waals surface area contributed by atoms with Crippen LogP contribution in [0.15, 0.2) is 18.2 Å². The third-order valence-electron chi connectivity index (χ3n) is 3.09. The molecular formula is C16H26N2O2. The number of pyridine rings is 1. The van der Waals surface area contributed by atoms with Crippen LogP contribution in [0.1, 0.15) is 38.1 Å². The summed E-state index contributed by atoms with van der Waals surface area (Å²) in [5.74, 6) is 0.576. The van der Waals surface area contributed by atoms with Crippen LogP contribution in [0, 0.1) is 5.92 Å². The van der Waals surface area contributed by atoms with E-state index in [4.69, 9.17) is 9.47 Å². The molecule has 4 heteroatoms. The van der Waals surface area contributed by atoms with Crippen LogP contribution in [-0.2, 0) is 22.6 Å². The number of nitrogens with one attached hydrogen (secondary N) is 1. The van der Waals surface area contributed by atoms with Crippen molar-refractivity contribution in [1.82, 2.24) is 10.3 Å². The summed E-state index contributed by atoms with van der Waals surface area (Å²) in [7, 11) is 0. The monoisotopic (exact) mass is 278 g/mol. The second kappa shape index (κ2) is 8.35. The maximum Gasteiger partial charge on any atom is 0.0889 e. The first-order valence-corrected chi connectivity index (χ1v) is 7.57. The summed E-state index contributed by atoms with van der Waals surface area (Å²) >= 11 is 0. The predicted octanol–water partition coefficient (Wildman–Crippen LogP) is 2.52. The topological polar surface area (TPSA) is 43.4 Å². The minimum absolute atomic E-state index is 0.558. The van der Waals surface area contributed by atoms with Gasteiger partial charge in [-0.3, -0.25) is 4.98 Å². The number of rotatable bonds is 10. The van der Waals surface area contributed by atoms with E-state index in [0.29, 0.717) is 25.7 Å². The summed E-state index contributed by atoms with van der Waals surface area (Å²) in [5, 5.41) is 3.47. The molecule has 1 aromatic heterocycles. The van der Waals surface area contributed by atoms with Gasteiger partial charge < -0.3 is 14.8 Å². The van der Waals surface area contributed by atoms with Crippen LogP contribution in [0.4, 0.5) is 0 Å². The molecule has 0 unspecified atom stereocenters. The molecule has 1 saturated carbocycles. The van der Waals surface area contributed by atoms with Gasteiger partial charge in [0.1, 0.15) is 0 Å². The van der Waals surface area contributed by atoms with Gasteiger partial charge in [0.25, 0.3) is 0 Å². The van der Waals surface area contributed by atoms with E-state index in [9.17, 15) is 0 Å². The highest BCUT2D eigenvalue weighted by atomic mass is 16.5. The molecule has 0 radical (unpaired) electrons. The minimum Gasteiger partial charge on any atom is -0.379 e. The normalized spacial score (nSPS) is 14.9. The second-order valence-corrected chi connectivity index (χ2v) is 5.80. The van der Waals surface area contributed by atoms with Crippen LogP contribution in [0.25, 0.3) is 0 Å². The Hall–Kier alpha value is -0.970. The highest BCUT2D eigenvalue weighted by Gasteiger charge is 2.20.